The first kappa shape index (κ1) is 22.1. The third-order valence-electron chi connectivity index (χ3n) is 6.10. The summed E-state index contributed by atoms with van der Waals surface area (Å²) >= 11 is 1.75. The van der Waals surface area contributed by atoms with E-state index in [-0.39, 0.29) is 24.4 Å². The highest BCUT2D eigenvalue weighted by molar-refractivity contribution is 7.10. The zero-order valence-electron chi connectivity index (χ0n) is 18.7. The van der Waals surface area contributed by atoms with Gasteiger partial charge in [0.1, 0.15) is 12.3 Å². The monoisotopic (exact) mass is 448 g/mol. The highest BCUT2D eigenvalue weighted by Crippen LogP contribution is 2.39. The minimum absolute atomic E-state index is 0.0289. The first-order chi connectivity index (χ1) is 15.5. The van der Waals surface area contributed by atoms with E-state index < -0.39 is 0 Å². The van der Waals surface area contributed by atoms with Crippen molar-refractivity contribution in [2.75, 3.05) is 26.7 Å². The summed E-state index contributed by atoms with van der Waals surface area (Å²) in [6, 6.07) is 17.3. The van der Waals surface area contributed by atoms with Crippen LogP contribution >= 0.6 is 11.3 Å². The van der Waals surface area contributed by atoms with E-state index in [1.54, 1.807) is 47.6 Å². The van der Waals surface area contributed by atoms with Crippen LogP contribution in [0.25, 0.3) is 0 Å². The molecule has 3 aromatic rings. The number of carbonyl (C=O) groups is 2. The van der Waals surface area contributed by atoms with E-state index in [0.29, 0.717) is 24.4 Å². The van der Waals surface area contributed by atoms with Crippen LogP contribution in [0.1, 0.15) is 44.9 Å². The van der Waals surface area contributed by atoms with E-state index >= 15 is 0 Å². The normalized spacial score (nSPS) is 15.2. The average molecular weight is 449 g/mol. The van der Waals surface area contributed by atoms with E-state index in [4.69, 9.17) is 4.74 Å². The van der Waals surface area contributed by atoms with E-state index in [1.807, 2.05) is 24.0 Å². The standard InChI is InChI=1S/C26H28N2O3S/c1-4-27(26(30)19-9-11-20(31-3)12-10-19)17-24(29)28-15-13-23-22(14-16-32-23)25(28)21-8-6-5-7-18(21)2/h5-12,14,16,25H,4,13,15,17H2,1-3H3. The lowest BCUT2D eigenvalue weighted by Crippen LogP contribution is -2.46. The Kier molecular flexibility index (Phi) is 6.61. The van der Waals surface area contributed by atoms with Gasteiger partial charge in [-0.05, 0) is 72.7 Å². The summed E-state index contributed by atoms with van der Waals surface area (Å²) in [6.07, 6.45) is 0.847. The summed E-state index contributed by atoms with van der Waals surface area (Å²) in [5, 5.41) is 2.11. The molecule has 0 spiro atoms. The number of hydrogen-bond donors (Lipinski definition) is 0. The number of benzene rings is 2. The molecule has 0 saturated carbocycles. The van der Waals surface area contributed by atoms with Gasteiger partial charge in [0.2, 0.25) is 5.91 Å². The third-order valence-corrected chi connectivity index (χ3v) is 7.10. The number of likely N-dealkylation sites (N-methyl/N-ethyl adjacent to an activating group) is 1. The van der Waals surface area contributed by atoms with Gasteiger partial charge in [0.25, 0.3) is 5.91 Å². The predicted octanol–water partition coefficient (Wildman–Crippen LogP) is 4.70. The van der Waals surface area contributed by atoms with Crippen molar-refractivity contribution in [1.29, 1.82) is 0 Å². The maximum Gasteiger partial charge on any atom is 0.254 e. The maximum absolute atomic E-state index is 13.5. The van der Waals surface area contributed by atoms with Gasteiger partial charge in [0, 0.05) is 23.5 Å². The van der Waals surface area contributed by atoms with Gasteiger partial charge in [0.05, 0.1) is 13.2 Å². The third kappa shape index (κ3) is 4.28. The van der Waals surface area contributed by atoms with Crippen molar-refractivity contribution in [1.82, 2.24) is 9.80 Å². The minimum atomic E-state index is -0.149. The van der Waals surface area contributed by atoms with E-state index in [0.717, 1.165) is 17.5 Å². The Balaban J connectivity index is 1.59. The van der Waals surface area contributed by atoms with E-state index in [9.17, 15) is 9.59 Å². The van der Waals surface area contributed by atoms with Crippen LogP contribution in [0.4, 0.5) is 0 Å². The van der Waals surface area contributed by atoms with Gasteiger partial charge in [-0.1, -0.05) is 24.3 Å². The summed E-state index contributed by atoms with van der Waals surface area (Å²) in [7, 11) is 1.59. The summed E-state index contributed by atoms with van der Waals surface area (Å²) in [6.45, 7) is 5.16. The Labute approximate surface area is 193 Å². The van der Waals surface area contributed by atoms with Gasteiger partial charge in [-0.15, -0.1) is 11.3 Å². The molecule has 0 bridgehead atoms. The predicted molar refractivity (Wildman–Crippen MR) is 127 cm³/mol. The van der Waals surface area contributed by atoms with Gasteiger partial charge in [0.15, 0.2) is 0 Å². The number of ether oxygens (including phenoxy) is 1. The second kappa shape index (κ2) is 9.57. The zero-order chi connectivity index (χ0) is 22.7. The number of carbonyl (C=O) groups excluding carboxylic acids is 2. The van der Waals surface area contributed by atoms with Gasteiger partial charge in [-0.2, -0.15) is 0 Å². The van der Waals surface area contributed by atoms with Crippen LogP contribution in [0.5, 0.6) is 5.75 Å². The molecule has 4 rings (SSSR count). The number of thiophene rings is 1. The molecule has 166 valence electrons. The molecular weight excluding hydrogens is 420 g/mol. The molecule has 1 aliphatic heterocycles. The molecule has 0 fully saturated rings. The van der Waals surface area contributed by atoms with Crippen LogP contribution in [0.15, 0.2) is 60.0 Å². The van der Waals surface area contributed by atoms with Crippen molar-refractivity contribution >= 4 is 23.2 Å². The van der Waals surface area contributed by atoms with Crippen LogP contribution in [0.2, 0.25) is 0 Å². The fraction of sp³-hybridized carbons (Fsp3) is 0.308. The van der Waals surface area contributed by atoms with Crippen LogP contribution in [0.3, 0.4) is 0 Å². The molecule has 0 saturated heterocycles. The molecule has 1 aromatic heterocycles. The number of methoxy groups -OCH3 is 1. The van der Waals surface area contributed by atoms with Gasteiger partial charge >= 0.3 is 0 Å². The molecule has 1 unspecified atom stereocenters. The molecule has 2 heterocycles. The molecular formula is C26H28N2O3S. The van der Waals surface area contributed by atoms with E-state index in [1.165, 1.54) is 10.4 Å². The lowest BCUT2D eigenvalue weighted by Gasteiger charge is -2.38. The maximum atomic E-state index is 13.5. The van der Waals surface area contributed by atoms with Gasteiger partial charge in [-0.3, -0.25) is 9.59 Å². The first-order valence-electron chi connectivity index (χ1n) is 10.9. The SMILES string of the molecule is CCN(CC(=O)N1CCc2sccc2C1c1ccccc1C)C(=O)c1ccc(OC)cc1. The van der Waals surface area contributed by atoms with Crippen molar-refractivity contribution in [3.8, 4) is 5.75 Å². The fourth-order valence-corrected chi connectivity index (χ4v) is 5.22. The topological polar surface area (TPSA) is 49.9 Å². The highest BCUT2D eigenvalue weighted by Gasteiger charge is 2.34. The number of hydrogen-bond acceptors (Lipinski definition) is 4. The summed E-state index contributed by atoms with van der Waals surface area (Å²) in [5.41, 5.74) is 4.06. The van der Waals surface area contributed by atoms with Crippen LogP contribution in [-0.4, -0.2) is 48.4 Å². The average Bonchev–Trinajstić information content (AvgIpc) is 3.31. The van der Waals surface area contributed by atoms with Crippen LogP contribution in [0, 0.1) is 6.92 Å². The molecule has 6 heteroatoms. The summed E-state index contributed by atoms with van der Waals surface area (Å²) in [5.74, 6) is 0.518. The molecule has 0 aliphatic carbocycles. The van der Waals surface area contributed by atoms with Crippen molar-refractivity contribution in [2.45, 2.75) is 26.3 Å². The summed E-state index contributed by atoms with van der Waals surface area (Å²) in [4.78, 5) is 31.5. The number of nitrogens with zero attached hydrogens (tertiary/aromatic N) is 2. The Morgan fingerprint density at radius 2 is 1.84 bits per heavy atom. The molecule has 5 nitrogen and oxygen atoms in total. The molecule has 0 radical (unpaired) electrons. The Morgan fingerprint density at radius 3 is 2.53 bits per heavy atom. The molecule has 2 aromatic carbocycles. The summed E-state index contributed by atoms with van der Waals surface area (Å²) < 4.78 is 5.18. The quantitative estimate of drug-likeness (QED) is 0.549. The van der Waals surface area contributed by atoms with Crippen molar-refractivity contribution < 1.29 is 14.3 Å². The second-order valence-electron chi connectivity index (χ2n) is 7.94. The second-order valence-corrected chi connectivity index (χ2v) is 8.94. The Bertz CT molecular complexity index is 1110. The first-order valence-corrected chi connectivity index (χ1v) is 11.8. The van der Waals surface area contributed by atoms with Gasteiger partial charge < -0.3 is 14.5 Å². The molecule has 1 aliphatic rings. The number of aryl methyl sites for hydroxylation is 1. The number of amides is 2. The Hall–Kier alpha value is -3.12. The Morgan fingerprint density at radius 1 is 1.09 bits per heavy atom. The van der Waals surface area contributed by atoms with Crippen molar-refractivity contribution in [3.63, 3.8) is 0 Å². The lowest BCUT2D eigenvalue weighted by atomic mass is 9.90. The largest absolute Gasteiger partial charge is 0.497 e. The number of rotatable bonds is 6. The smallest absolute Gasteiger partial charge is 0.254 e. The molecule has 32 heavy (non-hydrogen) atoms. The lowest BCUT2D eigenvalue weighted by molar-refractivity contribution is -0.134. The fourth-order valence-electron chi connectivity index (χ4n) is 4.31. The highest BCUT2D eigenvalue weighted by atomic mass is 32.1. The molecule has 1 atom stereocenters. The van der Waals surface area contributed by atoms with Gasteiger partial charge in [-0.25, -0.2) is 0 Å². The van der Waals surface area contributed by atoms with Crippen molar-refractivity contribution in [3.05, 3.63) is 87.1 Å². The van der Waals surface area contributed by atoms with Crippen molar-refractivity contribution in [2.24, 2.45) is 0 Å². The molecule has 0 N–H and O–H groups in total. The number of fused-ring (bicyclic) bond motifs is 1. The van der Waals surface area contributed by atoms with Crippen LogP contribution < -0.4 is 4.74 Å². The zero-order valence-corrected chi connectivity index (χ0v) is 19.5. The van der Waals surface area contributed by atoms with E-state index in [2.05, 4.69) is 30.5 Å². The minimum Gasteiger partial charge on any atom is -0.497 e. The molecule has 2 amide bonds. The van der Waals surface area contributed by atoms with Crippen LogP contribution in [-0.2, 0) is 11.2 Å².